The van der Waals surface area contributed by atoms with Crippen molar-refractivity contribution < 1.29 is 36.6 Å². The number of phenols is 2. The molecule has 0 spiro atoms. The molecule has 0 radical (unpaired) electrons. The zero-order valence-corrected chi connectivity index (χ0v) is 21.7. The quantitative estimate of drug-likeness (QED) is 0.178. The van der Waals surface area contributed by atoms with Crippen molar-refractivity contribution in [2.24, 2.45) is 0 Å². The second kappa shape index (κ2) is 12.7. The first-order valence-corrected chi connectivity index (χ1v) is 12.1. The number of alkyl halides is 6. The van der Waals surface area contributed by atoms with Crippen molar-refractivity contribution in [2.75, 3.05) is 10.6 Å². The van der Waals surface area contributed by atoms with Crippen LogP contribution in [0.1, 0.15) is 33.4 Å². The first-order valence-electron chi connectivity index (χ1n) is 12.1. The standard InChI is InChI=1S/2C15H14F3NO/c1-10-5-6-14(20)11(7-10)9-19-13-4-2-3-12(8-13)15(16,17)18;1-10-6-7-14(20)11(8-10)9-19-13-5-3-2-4-12(13)15(16,17)18/h2*2-8,19-20H,9H2,1H3. The van der Waals surface area contributed by atoms with Gasteiger partial charge in [-0.25, -0.2) is 0 Å². The fourth-order valence-corrected chi connectivity index (χ4v) is 3.79. The van der Waals surface area contributed by atoms with Crippen LogP contribution in [0.5, 0.6) is 11.5 Å². The predicted octanol–water partition coefficient (Wildman–Crippen LogP) is 8.66. The minimum absolute atomic E-state index is 0.000839. The van der Waals surface area contributed by atoms with Gasteiger partial charge in [0.15, 0.2) is 0 Å². The second-order valence-electron chi connectivity index (χ2n) is 9.09. The van der Waals surface area contributed by atoms with E-state index in [-0.39, 0.29) is 30.3 Å². The summed E-state index contributed by atoms with van der Waals surface area (Å²) in [6.45, 7) is 4.12. The zero-order valence-electron chi connectivity index (χ0n) is 21.7. The van der Waals surface area contributed by atoms with Gasteiger partial charge in [0.05, 0.1) is 11.1 Å². The molecule has 0 saturated carbocycles. The van der Waals surface area contributed by atoms with Crippen molar-refractivity contribution in [2.45, 2.75) is 39.3 Å². The Morgan fingerprint density at radius 3 is 1.70 bits per heavy atom. The molecule has 0 fully saturated rings. The van der Waals surface area contributed by atoms with Crippen LogP contribution in [-0.2, 0) is 25.4 Å². The van der Waals surface area contributed by atoms with Crippen LogP contribution < -0.4 is 10.6 Å². The molecular weight excluding hydrogens is 534 g/mol. The molecule has 0 aliphatic carbocycles. The normalized spacial score (nSPS) is 11.4. The van der Waals surface area contributed by atoms with Crippen molar-refractivity contribution in [3.63, 3.8) is 0 Å². The molecule has 0 aliphatic rings. The van der Waals surface area contributed by atoms with Gasteiger partial charge in [-0.1, -0.05) is 53.6 Å². The van der Waals surface area contributed by atoms with Crippen LogP contribution in [0, 0.1) is 13.8 Å². The van der Waals surface area contributed by atoms with Gasteiger partial charge in [0, 0.05) is 35.6 Å². The van der Waals surface area contributed by atoms with E-state index in [1.165, 1.54) is 30.3 Å². The van der Waals surface area contributed by atoms with E-state index in [0.29, 0.717) is 16.8 Å². The second-order valence-corrected chi connectivity index (χ2v) is 9.09. The Morgan fingerprint density at radius 1 is 0.600 bits per heavy atom. The number of hydrogen-bond acceptors (Lipinski definition) is 4. The average Bonchev–Trinajstić information content (AvgIpc) is 2.89. The Bertz CT molecular complexity index is 1430. The van der Waals surface area contributed by atoms with Crippen LogP contribution in [0.2, 0.25) is 0 Å². The number of aromatic hydroxyl groups is 2. The summed E-state index contributed by atoms with van der Waals surface area (Å²) in [7, 11) is 0. The summed E-state index contributed by atoms with van der Waals surface area (Å²) in [5.74, 6) is 0.183. The summed E-state index contributed by atoms with van der Waals surface area (Å²) in [6.07, 6.45) is -8.76. The average molecular weight is 563 g/mol. The maximum atomic E-state index is 12.8. The predicted molar refractivity (Wildman–Crippen MR) is 143 cm³/mol. The lowest BCUT2D eigenvalue weighted by molar-refractivity contribution is -0.138. The minimum atomic E-state index is -4.40. The number of benzene rings is 4. The third-order valence-electron chi connectivity index (χ3n) is 5.84. The topological polar surface area (TPSA) is 64.5 Å². The number of phenolic OH excluding ortho intramolecular Hbond substituents is 2. The molecule has 40 heavy (non-hydrogen) atoms. The molecule has 0 unspecified atom stereocenters. The van der Waals surface area contributed by atoms with Gasteiger partial charge in [0.1, 0.15) is 11.5 Å². The van der Waals surface area contributed by atoms with Gasteiger partial charge in [-0.3, -0.25) is 0 Å². The van der Waals surface area contributed by atoms with Gasteiger partial charge in [0.25, 0.3) is 0 Å². The number of para-hydroxylation sites is 1. The molecule has 0 aromatic heterocycles. The van der Waals surface area contributed by atoms with Crippen molar-refractivity contribution in [1.29, 1.82) is 0 Å². The van der Waals surface area contributed by atoms with E-state index in [0.717, 1.165) is 29.3 Å². The van der Waals surface area contributed by atoms with Crippen molar-refractivity contribution in [3.05, 3.63) is 118 Å². The van der Waals surface area contributed by atoms with Crippen molar-refractivity contribution >= 4 is 11.4 Å². The zero-order chi connectivity index (χ0) is 29.5. The molecule has 4 aromatic carbocycles. The Kier molecular flexibility index (Phi) is 9.57. The molecule has 0 aliphatic heterocycles. The van der Waals surface area contributed by atoms with Gasteiger partial charge < -0.3 is 20.8 Å². The number of nitrogens with one attached hydrogen (secondary N) is 2. The number of aryl methyl sites for hydroxylation is 2. The van der Waals surface area contributed by atoms with Gasteiger partial charge in [-0.05, 0) is 56.3 Å². The Morgan fingerprint density at radius 2 is 1.15 bits per heavy atom. The largest absolute Gasteiger partial charge is 0.508 e. The third-order valence-corrected chi connectivity index (χ3v) is 5.84. The van der Waals surface area contributed by atoms with Crippen molar-refractivity contribution in [1.82, 2.24) is 0 Å². The van der Waals surface area contributed by atoms with E-state index in [1.807, 2.05) is 13.8 Å². The van der Waals surface area contributed by atoms with E-state index in [4.69, 9.17) is 0 Å². The maximum Gasteiger partial charge on any atom is 0.418 e. The molecule has 0 bridgehead atoms. The lowest BCUT2D eigenvalue weighted by Gasteiger charge is -2.15. The highest BCUT2D eigenvalue weighted by Gasteiger charge is 2.33. The van der Waals surface area contributed by atoms with E-state index in [2.05, 4.69) is 10.6 Å². The molecular formula is C30H28F6N2O2. The summed E-state index contributed by atoms with van der Waals surface area (Å²) in [4.78, 5) is 0. The smallest absolute Gasteiger partial charge is 0.418 e. The van der Waals surface area contributed by atoms with Crippen LogP contribution in [0.15, 0.2) is 84.9 Å². The lowest BCUT2D eigenvalue weighted by Crippen LogP contribution is -2.10. The third kappa shape index (κ3) is 8.59. The molecule has 0 amide bonds. The van der Waals surface area contributed by atoms with Crippen LogP contribution >= 0.6 is 0 Å². The highest BCUT2D eigenvalue weighted by atomic mass is 19.4. The maximum absolute atomic E-state index is 12.8. The molecule has 0 saturated heterocycles. The van der Waals surface area contributed by atoms with Crippen LogP contribution in [0.25, 0.3) is 0 Å². The van der Waals surface area contributed by atoms with Crippen LogP contribution in [0.4, 0.5) is 37.7 Å². The highest BCUT2D eigenvalue weighted by Crippen LogP contribution is 2.35. The molecule has 0 heterocycles. The van der Waals surface area contributed by atoms with E-state index < -0.39 is 23.5 Å². The lowest BCUT2D eigenvalue weighted by atomic mass is 10.1. The fourth-order valence-electron chi connectivity index (χ4n) is 3.79. The minimum Gasteiger partial charge on any atom is -0.508 e. The number of hydrogen-bond donors (Lipinski definition) is 4. The Labute approximate surface area is 227 Å². The van der Waals surface area contributed by atoms with Gasteiger partial charge in [-0.2, -0.15) is 26.3 Å². The van der Waals surface area contributed by atoms with E-state index >= 15 is 0 Å². The highest BCUT2D eigenvalue weighted by molar-refractivity contribution is 5.53. The molecule has 4 rings (SSSR count). The van der Waals surface area contributed by atoms with Crippen LogP contribution in [0.3, 0.4) is 0 Å². The van der Waals surface area contributed by atoms with Gasteiger partial charge in [0.2, 0.25) is 0 Å². The molecule has 10 heteroatoms. The monoisotopic (exact) mass is 562 g/mol. The van der Waals surface area contributed by atoms with Crippen LogP contribution in [-0.4, -0.2) is 10.2 Å². The molecule has 4 N–H and O–H groups in total. The molecule has 212 valence electrons. The Balaban J connectivity index is 0.000000220. The first-order chi connectivity index (χ1) is 18.7. The SMILES string of the molecule is Cc1ccc(O)c(CNc2cccc(C(F)(F)F)c2)c1.Cc1ccc(O)c(CNc2ccccc2C(F)(F)F)c1. The number of anilines is 2. The molecule has 4 nitrogen and oxygen atoms in total. The summed E-state index contributed by atoms with van der Waals surface area (Å²) in [6, 6.07) is 20.4. The Hall–Kier alpha value is -4.34. The summed E-state index contributed by atoms with van der Waals surface area (Å²) < 4.78 is 76.2. The fraction of sp³-hybridized carbons (Fsp3) is 0.200. The molecule has 4 aromatic rings. The number of halogens is 6. The van der Waals surface area contributed by atoms with Gasteiger partial charge in [-0.15, -0.1) is 0 Å². The van der Waals surface area contributed by atoms with E-state index in [1.54, 1.807) is 36.4 Å². The summed E-state index contributed by atoms with van der Waals surface area (Å²) in [5.41, 5.74) is 2.06. The van der Waals surface area contributed by atoms with E-state index in [9.17, 15) is 36.6 Å². The van der Waals surface area contributed by atoms with Gasteiger partial charge >= 0.3 is 12.4 Å². The number of rotatable bonds is 6. The summed E-state index contributed by atoms with van der Waals surface area (Å²) >= 11 is 0. The first kappa shape index (κ1) is 30.2. The molecule has 0 atom stereocenters. The van der Waals surface area contributed by atoms with Crippen molar-refractivity contribution in [3.8, 4) is 11.5 Å². The summed E-state index contributed by atoms with van der Waals surface area (Å²) in [5, 5.41) is 25.0.